The van der Waals surface area contributed by atoms with Gasteiger partial charge in [0.15, 0.2) is 0 Å². The van der Waals surface area contributed by atoms with Gasteiger partial charge in [0.1, 0.15) is 5.82 Å². The molecule has 7 heteroatoms. The molecule has 1 aromatic carbocycles. The average Bonchev–Trinajstić information content (AvgIpc) is 2.61. The van der Waals surface area contributed by atoms with Gasteiger partial charge >= 0.3 is 5.97 Å². The molecule has 0 N–H and O–H groups in total. The van der Waals surface area contributed by atoms with Crippen molar-refractivity contribution in [1.29, 1.82) is 0 Å². The fourth-order valence-corrected chi connectivity index (χ4v) is 2.59. The number of carbonyl (C=O) groups is 3. The molecule has 0 unspecified atom stereocenters. The molecule has 0 aromatic heterocycles. The van der Waals surface area contributed by atoms with Gasteiger partial charge in [-0.3, -0.25) is 14.4 Å². The van der Waals surface area contributed by atoms with Gasteiger partial charge in [-0.05, 0) is 30.7 Å². The van der Waals surface area contributed by atoms with Crippen LogP contribution in [0.3, 0.4) is 0 Å². The molecule has 130 valence electrons. The van der Waals surface area contributed by atoms with Crippen molar-refractivity contribution in [3.05, 3.63) is 35.1 Å². The Morgan fingerprint density at radius 2 is 1.71 bits per heavy atom. The number of hydrogen-bond donors (Lipinski definition) is 0. The van der Waals surface area contributed by atoms with Crippen molar-refractivity contribution in [3.8, 4) is 0 Å². The first-order valence-electron chi connectivity index (χ1n) is 7.82. The van der Waals surface area contributed by atoms with E-state index in [1.807, 2.05) is 0 Å². The number of esters is 1. The standard InChI is InChI=1S/C17H21FN2O4/c1-12-11-13(3-4-14(12)18)17(23)20-9-7-19(8-10-20)15(21)5-6-16(22)24-2/h3-4,11H,5-10H2,1-2H3. The Bertz CT molecular complexity index is 639. The third kappa shape index (κ3) is 4.31. The predicted octanol–water partition coefficient (Wildman–Crippen LogP) is 1.37. The maximum absolute atomic E-state index is 13.3. The van der Waals surface area contributed by atoms with Crippen LogP contribution in [0.15, 0.2) is 18.2 Å². The summed E-state index contributed by atoms with van der Waals surface area (Å²) in [6, 6.07) is 4.29. The summed E-state index contributed by atoms with van der Waals surface area (Å²) >= 11 is 0. The normalized spacial score (nSPS) is 14.5. The van der Waals surface area contributed by atoms with E-state index in [0.29, 0.717) is 37.3 Å². The summed E-state index contributed by atoms with van der Waals surface area (Å²) in [5.41, 5.74) is 0.872. The first kappa shape index (κ1) is 17.9. The second-order valence-corrected chi connectivity index (χ2v) is 5.71. The maximum atomic E-state index is 13.3. The molecule has 1 aromatic rings. The van der Waals surface area contributed by atoms with E-state index >= 15 is 0 Å². The van der Waals surface area contributed by atoms with Gasteiger partial charge in [-0.25, -0.2) is 4.39 Å². The number of halogens is 1. The van der Waals surface area contributed by atoms with Gasteiger partial charge in [0.2, 0.25) is 5.91 Å². The molecule has 0 bridgehead atoms. The quantitative estimate of drug-likeness (QED) is 0.779. The van der Waals surface area contributed by atoms with Crippen LogP contribution in [0.4, 0.5) is 4.39 Å². The predicted molar refractivity (Wildman–Crippen MR) is 84.9 cm³/mol. The number of nitrogens with zero attached hydrogens (tertiary/aromatic N) is 2. The number of rotatable bonds is 4. The second-order valence-electron chi connectivity index (χ2n) is 5.71. The minimum Gasteiger partial charge on any atom is -0.469 e. The Balaban J connectivity index is 1.87. The van der Waals surface area contributed by atoms with Crippen LogP contribution in [0, 0.1) is 12.7 Å². The van der Waals surface area contributed by atoms with Crippen molar-refractivity contribution in [3.63, 3.8) is 0 Å². The SMILES string of the molecule is COC(=O)CCC(=O)N1CCN(C(=O)c2ccc(F)c(C)c2)CC1. The Kier molecular flexibility index (Phi) is 5.89. The molecular weight excluding hydrogens is 315 g/mol. The minimum absolute atomic E-state index is 0.0589. The van der Waals surface area contributed by atoms with Gasteiger partial charge in [-0.15, -0.1) is 0 Å². The molecule has 0 spiro atoms. The Morgan fingerprint density at radius 3 is 2.29 bits per heavy atom. The summed E-state index contributed by atoms with van der Waals surface area (Å²) in [5, 5.41) is 0. The van der Waals surface area contributed by atoms with Crippen molar-refractivity contribution < 1.29 is 23.5 Å². The largest absolute Gasteiger partial charge is 0.469 e. The molecular formula is C17H21FN2O4. The minimum atomic E-state index is -0.413. The number of ether oxygens (including phenoxy) is 1. The molecule has 0 saturated carbocycles. The number of methoxy groups -OCH3 is 1. The van der Waals surface area contributed by atoms with Gasteiger partial charge in [0.25, 0.3) is 5.91 Å². The number of aryl methyl sites for hydroxylation is 1. The Hall–Kier alpha value is -2.44. The van der Waals surface area contributed by atoms with E-state index in [9.17, 15) is 18.8 Å². The monoisotopic (exact) mass is 336 g/mol. The van der Waals surface area contributed by atoms with Gasteiger partial charge < -0.3 is 14.5 Å². The number of benzene rings is 1. The lowest BCUT2D eigenvalue weighted by Gasteiger charge is -2.35. The van der Waals surface area contributed by atoms with E-state index in [2.05, 4.69) is 4.74 Å². The van der Waals surface area contributed by atoms with Crippen molar-refractivity contribution in [1.82, 2.24) is 9.80 Å². The van der Waals surface area contributed by atoms with E-state index in [4.69, 9.17) is 0 Å². The fourth-order valence-electron chi connectivity index (χ4n) is 2.59. The molecule has 0 aliphatic carbocycles. The zero-order valence-corrected chi connectivity index (χ0v) is 13.9. The molecule has 6 nitrogen and oxygen atoms in total. The highest BCUT2D eigenvalue weighted by Crippen LogP contribution is 2.14. The highest BCUT2D eigenvalue weighted by Gasteiger charge is 2.25. The van der Waals surface area contributed by atoms with Crippen molar-refractivity contribution in [2.24, 2.45) is 0 Å². The molecule has 24 heavy (non-hydrogen) atoms. The van der Waals surface area contributed by atoms with E-state index in [1.54, 1.807) is 16.7 Å². The highest BCUT2D eigenvalue weighted by atomic mass is 19.1. The lowest BCUT2D eigenvalue weighted by Crippen LogP contribution is -2.50. The Labute approximate surface area is 140 Å². The fraction of sp³-hybridized carbons (Fsp3) is 0.471. The molecule has 1 heterocycles. The molecule has 1 saturated heterocycles. The topological polar surface area (TPSA) is 66.9 Å². The number of piperazine rings is 1. The van der Waals surface area contributed by atoms with Crippen molar-refractivity contribution in [2.45, 2.75) is 19.8 Å². The molecule has 2 amide bonds. The zero-order chi connectivity index (χ0) is 17.7. The summed E-state index contributed by atoms with van der Waals surface area (Å²) in [7, 11) is 1.29. The average molecular weight is 336 g/mol. The lowest BCUT2D eigenvalue weighted by atomic mass is 10.1. The summed E-state index contributed by atoms with van der Waals surface area (Å²) in [6.45, 7) is 3.29. The van der Waals surface area contributed by atoms with Crippen LogP contribution in [0.1, 0.15) is 28.8 Å². The highest BCUT2D eigenvalue weighted by molar-refractivity contribution is 5.94. The third-order valence-corrected chi connectivity index (χ3v) is 4.10. The molecule has 0 atom stereocenters. The van der Waals surface area contributed by atoms with E-state index in [-0.39, 0.29) is 30.5 Å². The molecule has 2 rings (SSSR count). The zero-order valence-electron chi connectivity index (χ0n) is 13.9. The second kappa shape index (κ2) is 7.90. The van der Waals surface area contributed by atoms with Crippen LogP contribution in [0.5, 0.6) is 0 Å². The molecule has 1 aliphatic heterocycles. The number of hydrogen-bond acceptors (Lipinski definition) is 4. The molecule has 1 aliphatic rings. The van der Waals surface area contributed by atoms with Crippen LogP contribution in [-0.2, 0) is 14.3 Å². The van der Waals surface area contributed by atoms with E-state index in [1.165, 1.54) is 25.3 Å². The van der Waals surface area contributed by atoms with E-state index < -0.39 is 5.97 Å². The van der Waals surface area contributed by atoms with Crippen LogP contribution in [0.2, 0.25) is 0 Å². The third-order valence-electron chi connectivity index (χ3n) is 4.10. The van der Waals surface area contributed by atoms with Crippen LogP contribution >= 0.6 is 0 Å². The van der Waals surface area contributed by atoms with Crippen LogP contribution in [-0.4, -0.2) is 60.9 Å². The van der Waals surface area contributed by atoms with Gasteiger partial charge in [-0.1, -0.05) is 0 Å². The number of amides is 2. The summed E-state index contributed by atoms with van der Waals surface area (Å²) in [5.74, 6) is -1.04. The lowest BCUT2D eigenvalue weighted by molar-refractivity contribution is -0.143. The maximum Gasteiger partial charge on any atom is 0.306 e. The van der Waals surface area contributed by atoms with Crippen LogP contribution < -0.4 is 0 Å². The Morgan fingerprint density at radius 1 is 1.08 bits per heavy atom. The van der Waals surface area contributed by atoms with Gasteiger partial charge in [0.05, 0.1) is 13.5 Å². The molecule has 0 radical (unpaired) electrons. The first-order chi connectivity index (χ1) is 11.4. The van der Waals surface area contributed by atoms with Gasteiger partial charge in [-0.2, -0.15) is 0 Å². The molecule has 1 fully saturated rings. The summed E-state index contributed by atoms with van der Waals surface area (Å²) in [6.07, 6.45) is 0.168. The van der Waals surface area contributed by atoms with Crippen molar-refractivity contribution >= 4 is 17.8 Å². The summed E-state index contributed by atoms with van der Waals surface area (Å²) < 4.78 is 17.8. The van der Waals surface area contributed by atoms with Crippen molar-refractivity contribution in [2.75, 3.05) is 33.3 Å². The van der Waals surface area contributed by atoms with Crippen LogP contribution in [0.25, 0.3) is 0 Å². The smallest absolute Gasteiger partial charge is 0.306 e. The first-order valence-corrected chi connectivity index (χ1v) is 7.82. The van der Waals surface area contributed by atoms with E-state index in [0.717, 1.165) is 0 Å². The summed E-state index contributed by atoms with van der Waals surface area (Å²) in [4.78, 5) is 38.8. The van der Waals surface area contributed by atoms with Gasteiger partial charge in [0, 0.05) is 38.2 Å². The number of carbonyl (C=O) groups excluding carboxylic acids is 3.